The number of likely N-dealkylation sites (tertiary alicyclic amines) is 1. The van der Waals surface area contributed by atoms with Crippen molar-refractivity contribution >= 4 is 16.9 Å². The number of aromatic nitrogens is 2. The minimum Gasteiger partial charge on any atom is -0.350 e. The van der Waals surface area contributed by atoms with Crippen molar-refractivity contribution in [1.82, 2.24) is 19.8 Å². The van der Waals surface area contributed by atoms with E-state index in [9.17, 15) is 4.79 Å². The molecular formula is C19H28N4O. The van der Waals surface area contributed by atoms with Gasteiger partial charge in [0.15, 0.2) is 0 Å². The Morgan fingerprint density at radius 3 is 2.67 bits per heavy atom. The van der Waals surface area contributed by atoms with E-state index in [4.69, 9.17) is 0 Å². The van der Waals surface area contributed by atoms with E-state index in [1.54, 1.807) is 0 Å². The Kier molecular flexibility index (Phi) is 4.90. The molecule has 130 valence electrons. The number of imidazole rings is 1. The summed E-state index contributed by atoms with van der Waals surface area (Å²) in [5.41, 5.74) is 2.12. The standard InChI is InChI=1S/C19H28N4O/c1-19(2,3)21-18(24)13-22-10-8-15(9-11-22)12-23-14-20-16-6-4-5-7-17(16)23/h4-7,14-15H,8-13H2,1-3H3,(H,21,24). The topological polar surface area (TPSA) is 50.2 Å². The summed E-state index contributed by atoms with van der Waals surface area (Å²) in [5, 5.41) is 3.04. The van der Waals surface area contributed by atoms with E-state index in [1.807, 2.05) is 33.2 Å². The largest absolute Gasteiger partial charge is 0.350 e. The van der Waals surface area contributed by atoms with Crippen molar-refractivity contribution in [3.8, 4) is 0 Å². The highest BCUT2D eigenvalue weighted by atomic mass is 16.2. The van der Waals surface area contributed by atoms with Crippen LogP contribution < -0.4 is 5.32 Å². The predicted molar refractivity (Wildman–Crippen MR) is 96.8 cm³/mol. The fourth-order valence-corrected chi connectivity index (χ4v) is 3.42. The molecule has 1 aromatic carbocycles. The highest BCUT2D eigenvalue weighted by molar-refractivity contribution is 5.78. The minimum absolute atomic E-state index is 0.126. The molecule has 5 nitrogen and oxygen atoms in total. The number of para-hydroxylation sites is 2. The molecule has 1 saturated heterocycles. The lowest BCUT2D eigenvalue weighted by Gasteiger charge is -2.32. The summed E-state index contributed by atoms with van der Waals surface area (Å²) < 4.78 is 2.27. The van der Waals surface area contributed by atoms with Crippen LogP contribution in [0, 0.1) is 5.92 Å². The molecule has 1 N–H and O–H groups in total. The lowest BCUT2D eigenvalue weighted by molar-refractivity contribution is -0.124. The first kappa shape index (κ1) is 17.0. The van der Waals surface area contributed by atoms with Gasteiger partial charge in [0.2, 0.25) is 5.91 Å². The molecule has 1 aliphatic heterocycles. The Labute approximate surface area is 144 Å². The maximum absolute atomic E-state index is 12.0. The number of carbonyl (C=O) groups excluding carboxylic acids is 1. The Bertz CT molecular complexity index is 693. The Morgan fingerprint density at radius 2 is 1.96 bits per heavy atom. The van der Waals surface area contributed by atoms with Crippen molar-refractivity contribution in [2.75, 3.05) is 19.6 Å². The van der Waals surface area contributed by atoms with E-state index in [0.29, 0.717) is 12.5 Å². The first-order valence-electron chi connectivity index (χ1n) is 8.84. The smallest absolute Gasteiger partial charge is 0.234 e. The zero-order valence-corrected chi connectivity index (χ0v) is 15.0. The van der Waals surface area contributed by atoms with Crippen LogP contribution in [0.5, 0.6) is 0 Å². The van der Waals surface area contributed by atoms with Crippen LogP contribution in [0.4, 0.5) is 0 Å². The zero-order valence-electron chi connectivity index (χ0n) is 15.0. The molecule has 5 heteroatoms. The lowest BCUT2D eigenvalue weighted by atomic mass is 9.96. The molecule has 0 unspecified atom stereocenters. The number of hydrogen-bond donors (Lipinski definition) is 1. The van der Waals surface area contributed by atoms with Crippen LogP contribution in [0.15, 0.2) is 30.6 Å². The summed E-state index contributed by atoms with van der Waals surface area (Å²) >= 11 is 0. The molecule has 1 amide bonds. The van der Waals surface area contributed by atoms with Crippen molar-refractivity contribution in [2.24, 2.45) is 5.92 Å². The molecule has 0 aliphatic carbocycles. The number of carbonyl (C=O) groups is 1. The molecule has 24 heavy (non-hydrogen) atoms. The van der Waals surface area contributed by atoms with E-state index < -0.39 is 0 Å². The van der Waals surface area contributed by atoms with Gasteiger partial charge < -0.3 is 9.88 Å². The van der Waals surface area contributed by atoms with Gasteiger partial charge in [0.1, 0.15) is 0 Å². The summed E-state index contributed by atoms with van der Waals surface area (Å²) in [7, 11) is 0. The molecule has 0 atom stereocenters. The molecule has 1 aromatic heterocycles. The zero-order chi connectivity index (χ0) is 17.2. The molecule has 0 radical (unpaired) electrons. The number of piperidine rings is 1. The second kappa shape index (κ2) is 6.93. The highest BCUT2D eigenvalue weighted by Crippen LogP contribution is 2.21. The summed E-state index contributed by atoms with van der Waals surface area (Å²) in [6.45, 7) is 9.58. The molecular weight excluding hydrogens is 300 g/mol. The molecule has 2 heterocycles. The van der Waals surface area contributed by atoms with Crippen molar-refractivity contribution in [1.29, 1.82) is 0 Å². The van der Waals surface area contributed by atoms with E-state index in [2.05, 4.69) is 38.0 Å². The van der Waals surface area contributed by atoms with Crippen molar-refractivity contribution in [3.63, 3.8) is 0 Å². The van der Waals surface area contributed by atoms with Gasteiger partial charge in [0, 0.05) is 12.1 Å². The second-order valence-electron chi connectivity index (χ2n) is 7.90. The third kappa shape index (κ3) is 4.35. The van der Waals surface area contributed by atoms with Crippen LogP contribution in [0.25, 0.3) is 11.0 Å². The van der Waals surface area contributed by atoms with Crippen LogP contribution in [0.1, 0.15) is 33.6 Å². The molecule has 1 aliphatic rings. The molecule has 3 rings (SSSR count). The number of benzene rings is 1. The van der Waals surface area contributed by atoms with Gasteiger partial charge in [0.25, 0.3) is 0 Å². The van der Waals surface area contributed by atoms with Gasteiger partial charge in [-0.2, -0.15) is 0 Å². The third-order valence-electron chi connectivity index (χ3n) is 4.57. The predicted octanol–water partition coefficient (Wildman–Crippen LogP) is 2.66. The van der Waals surface area contributed by atoms with Gasteiger partial charge >= 0.3 is 0 Å². The monoisotopic (exact) mass is 328 g/mol. The van der Waals surface area contributed by atoms with Crippen molar-refractivity contribution in [3.05, 3.63) is 30.6 Å². The van der Waals surface area contributed by atoms with E-state index in [-0.39, 0.29) is 11.4 Å². The minimum atomic E-state index is -0.155. The van der Waals surface area contributed by atoms with Gasteiger partial charge in [-0.1, -0.05) is 12.1 Å². The highest BCUT2D eigenvalue weighted by Gasteiger charge is 2.23. The van der Waals surface area contributed by atoms with E-state index in [0.717, 1.165) is 38.0 Å². The first-order chi connectivity index (χ1) is 11.4. The fraction of sp³-hybridized carbons (Fsp3) is 0.579. The van der Waals surface area contributed by atoms with Gasteiger partial charge in [-0.25, -0.2) is 4.98 Å². The second-order valence-corrected chi connectivity index (χ2v) is 7.90. The normalized spacial score (nSPS) is 17.3. The Balaban J connectivity index is 1.49. The van der Waals surface area contributed by atoms with Crippen LogP contribution in [-0.2, 0) is 11.3 Å². The number of fused-ring (bicyclic) bond motifs is 1. The van der Waals surface area contributed by atoms with Crippen LogP contribution in [0.2, 0.25) is 0 Å². The quantitative estimate of drug-likeness (QED) is 0.939. The average molecular weight is 328 g/mol. The Morgan fingerprint density at radius 1 is 1.25 bits per heavy atom. The molecule has 0 bridgehead atoms. The van der Waals surface area contributed by atoms with Crippen LogP contribution in [-0.4, -0.2) is 45.5 Å². The maximum Gasteiger partial charge on any atom is 0.234 e. The average Bonchev–Trinajstić information content (AvgIpc) is 2.91. The summed E-state index contributed by atoms with van der Waals surface area (Å²) in [6, 6.07) is 8.29. The maximum atomic E-state index is 12.0. The van der Waals surface area contributed by atoms with Gasteiger partial charge in [0.05, 0.1) is 23.9 Å². The van der Waals surface area contributed by atoms with Gasteiger partial charge in [-0.3, -0.25) is 9.69 Å². The summed E-state index contributed by atoms with van der Waals surface area (Å²) in [6.07, 6.45) is 4.22. The molecule has 1 fully saturated rings. The summed E-state index contributed by atoms with van der Waals surface area (Å²) in [4.78, 5) is 18.8. The summed E-state index contributed by atoms with van der Waals surface area (Å²) in [5.74, 6) is 0.783. The molecule has 0 saturated carbocycles. The Hall–Kier alpha value is -1.88. The molecule has 0 spiro atoms. The third-order valence-corrected chi connectivity index (χ3v) is 4.57. The molecule has 2 aromatic rings. The number of amides is 1. The first-order valence-corrected chi connectivity index (χ1v) is 8.84. The van der Waals surface area contributed by atoms with E-state index in [1.165, 1.54) is 5.52 Å². The van der Waals surface area contributed by atoms with Crippen LogP contribution in [0.3, 0.4) is 0 Å². The number of nitrogens with zero attached hydrogens (tertiary/aromatic N) is 3. The fourth-order valence-electron chi connectivity index (χ4n) is 3.42. The van der Waals surface area contributed by atoms with Crippen molar-refractivity contribution < 1.29 is 4.79 Å². The van der Waals surface area contributed by atoms with Crippen LogP contribution >= 0.6 is 0 Å². The number of nitrogens with one attached hydrogen (secondary N) is 1. The number of rotatable bonds is 4. The van der Waals surface area contributed by atoms with E-state index >= 15 is 0 Å². The van der Waals surface area contributed by atoms with Crippen molar-refractivity contribution in [2.45, 2.75) is 45.7 Å². The SMILES string of the molecule is CC(C)(C)NC(=O)CN1CCC(Cn2cnc3ccccc32)CC1. The van der Waals surface area contributed by atoms with Gasteiger partial charge in [-0.15, -0.1) is 0 Å². The lowest BCUT2D eigenvalue weighted by Crippen LogP contribution is -2.47. The van der Waals surface area contributed by atoms with Gasteiger partial charge in [-0.05, 0) is 64.8 Å². The number of hydrogen-bond acceptors (Lipinski definition) is 3.